The van der Waals surface area contributed by atoms with Crippen molar-refractivity contribution in [2.24, 2.45) is 5.73 Å². The third-order valence-electron chi connectivity index (χ3n) is 2.52. The maximum atomic E-state index is 6.12. The van der Waals surface area contributed by atoms with E-state index >= 15 is 0 Å². The van der Waals surface area contributed by atoms with Crippen molar-refractivity contribution in [2.75, 3.05) is 0 Å². The minimum absolute atomic E-state index is 0.0496. The Kier molecular flexibility index (Phi) is 2.88. The zero-order valence-electron chi connectivity index (χ0n) is 8.95. The van der Waals surface area contributed by atoms with Gasteiger partial charge in [0.25, 0.3) is 0 Å². The van der Waals surface area contributed by atoms with Gasteiger partial charge in [-0.15, -0.1) is 11.3 Å². The summed E-state index contributed by atoms with van der Waals surface area (Å²) in [4.78, 5) is 9.84. The van der Waals surface area contributed by atoms with Crippen molar-refractivity contribution in [3.05, 3.63) is 39.6 Å². The molecule has 3 nitrogen and oxygen atoms in total. The molecule has 3 N–H and O–H groups in total. The Balaban J connectivity index is 2.11. The fourth-order valence-corrected chi connectivity index (χ4v) is 2.55. The van der Waals surface area contributed by atoms with Gasteiger partial charge in [0.1, 0.15) is 5.82 Å². The van der Waals surface area contributed by atoms with Gasteiger partial charge in [0.05, 0.1) is 0 Å². The molecule has 0 radical (unpaired) electrons. The minimum atomic E-state index is 0.0496. The molecule has 1 unspecified atom stereocenters. The van der Waals surface area contributed by atoms with Crippen molar-refractivity contribution in [1.82, 2.24) is 9.97 Å². The van der Waals surface area contributed by atoms with Crippen LogP contribution in [-0.2, 0) is 6.42 Å². The average Bonchev–Trinajstić information content (AvgIpc) is 2.78. The highest BCUT2D eigenvalue weighted by Crippen LogP contribution is 2.26. The topological polar surface area (TPSA) is 54.7 Å². The fraction of sp³-hybridized carbons (Fsp3) is 0.364. The highest BCUT2D eigenvalue weighted by atomic mass is 32.1. The summed E-state index contributed by atoms with van der Waals surface area (Å²) >= 11 is 1.78. The number of thiophene rings is 1. The molecule has 4 heteroatoms. The van der Waals surface area contributed by atoms with Gasteiger partial charge in [0.15, 0.2) is 0 Å². The maximum absolute atomic E-state index is 6.12. The molecule has 0 spiro atoms. The summed E-state index contributed by atoms with van der Waals surface area (Å²) in [6.45, 7) is 4.25. The Labute approximate surface area is 93.4 Å². The number of imidazole rings is 1. The highest BCUT2D eigenvalue weighted by molar-refractivity contribution is 7.12. The van der Waals surface area contributed by atoms with Crippen LogP contribution < -0.4 is 5.73 Å². The molecule has 0 aliphatic heterocycles. The molecular formula is C11H15N3S. The van der Waals surface area contributed by atoms with Crippen molar-refractivity contribution >= 4 is 11.3 Å². The first-order valence-corrected chi connectivity index (χ1v) is 5.79. The van der Waals surface area contributed by atoms with E-state index in [2.05, 4.69) is 29.9 Å². The molecular weight excluding hydrogens is 206 g/mol. The summed E-state index contributed by atoms with van der Waals surface area (Å²) in [6, 6.07) is 2.22. The number of nitrogens with one attached hydrogen (secondary N) is 1. The molecule has 2 heterocycles. The highest BCUT2D eigenvalue weighted by Gasteiger charge is 2.11. The second kappa shape index (κ2) is 4.16. The van der Waals surface area contributed by atoms with Crippen LogP contribution in [0.5, 0.6) is 0 Å². The molecule has 0 saturated carbocycles. The lowest BCUT2D eigenvalue weighted by Gasteiger charge is -2.06. The second-order valence-corrected chi connectivity index (χ2v) is 5.02. The molecule has 15 heavy (non-hydrogen) atoms. The van der Waals surface area contributed by atoms with Crippen molar-refractivity contribution < 1.29 is 0 Å². The number of rotatable bonds is 3. The smallest absolute Gasteiger partial charge is 0.107 e. The van der Waals surface area contributed by atoms with E-state index in [1.165, 1.54) is 15.3 Å². The van der Waals surface area contributed by atoms with Crippen LogP contribution in [0.2, 0.25) is 0 Å². The molecule has 0 aromatic carbocycles. The summed E-state index contributed by atoms with van der Waals surface area (Å²) in [5.74, 6) is 0.950. The van der Waals surface area contributed by atoms with E-state index in [1.54, 1.807) is 17.5 Å². The molecule has 0 aliphatic rings. The lowest BCUT2D eigenvalue weighted by atomic mass is 10.1. The summed E-state index contributed by atoms with van der Waals surface area (Å²) in [6.07, 6.45) is 4.35. The van der Waals surface area contributed by atoms with E-state index < -0.39 is 0 Å². The van der Waals surface area contributed by atoms with Crippen LogP contribution in [0.25, 0.3) is 0 Å². The van der Waals surface area contributed by atoms with Gasteiger partial charge >= 0.3 is 0 Å². The molecule has 80 valence electrons. The largest absolute Gasteiger partial charge is 0.349 e. The van der Waals surface area contributed by atoms with Crippen molar-refractivity contribution in [1.29, 1.82) is 0 Å². The van der Waals surface area contributed by atoms with Crippen molar-refractivity contribution in [3.63, 3.8) is 0 Å². The van der Waals surface area contributed by atoms with Crippen LogP contribution in [0.1, 0.15) is 27.2 Å². The molecule has 2 rings (SSSR count). The monoisotopic (exact) mass is 221 g/mol. The first-order chi connectivity index (χ1) is 7.16. The lowest BCUT2D eigenvalue weighted by molar-refractivity contribution is 0.707. The van der Waals surface area contributed by atoms with Gasteiger partial charge in [0.2, 0.25) is 0 Å². The number of aromatic amines is 1. The predicted octanol–water partition coefficient (Wildman–Crippen LogP) is 2.33. The molecule has 0 amide bonds. The number of aromatic nitrogens is 2. The van der Waals surface area contributed by atoms with Crippen LogP contribution in [0.4, 0.5) is 0 Å². The Morgan fingerprint density at radius 3 is 2.87 bits per heavy atom. The quantitative estimate of drug-likeness (QED) is 0.835. The minimum Gasteiger partial charge on any atom is -0.349 e. The number of nitrogens with two attached hydrogens (primary N) is 1. The van der Waals surface area contributed by atoms with Crippen molar-refractivity contribution in [2.45, 2.75) is 26.3 Å². The second-order valence-electron chi connectivity index (χ2n) is 3.73. The standard InChI is InChI=1S/C11H15N3S/c1-7-5-10(15-8(7)2)9(12)6-11-13-3-4-14-11/h3-5,9H,6,12H2,1-2H3,(H,13,14). The normalized spacial score (nSPS) is 13.0. The SMILES string of the molecule is Cc1cc(C(N)Cc2ncc[nH]2)sc1C. The molecule has 0 aliphatic carbocycles. The third kappa shape index (κ3) is 2.27. The first-order valence-electron chi connectivity index (χ1n) is 4.97. The summed E-state index contributed by atoms with van der Waals surface area (Å²) in [5, 5.41) is 0. The molecule has 2 aromatic rings. The Bertz CT molecular complexity index is 411. The van der Waals surface area contributed by atoms with E-state index in [9.17, 15) is 0 Å². The van der Waals surface area contributed by atoms with Crippen LogP contribution in [0.15, 0.2) is 18.5 Å². The van der Waals surface area contributed by atoms with E-state index in [0.717, 1.165) is 12.2 Å². The molecule has 0 saturated heterocycles. The van der Waals surface area contributed by atoms with E-state index in [-0.39, 0.29) is 6.04 Å². The van der Waals surface area contributed by atoms with Gasteiger partial charge in [-0.3, -0.25) is 0 Å². The van der Waals surface area contributed by atoms with E-state index in [1.807, 2.05) is 6.20 Å². The van der Waals surface area contributed by atoms with Crippen LogP contribution in [0.3, 0.4) is 0 Å². The number of H-pyrrole nitrogens is 1. The average molecular weight is 221 g/mol. The van der Waals surface area contributed by atoms with Gasteiger partial charge in [-0.25, -0.2) is 4.98 Å². The molecule has 0 fully saturated rings. The fourth-order valence-electron chi connectivity index (χ4n) is 1.50. The summed E-state index contributed by atoms with van der Waals surface area (Å²) < 4.78 is 0. The molecule has 0 bridgehead atoms. The lowest BCUT2D eigenvalue weighted by Crippen LogP contribution is -2.12. The summed E-state index contributed by atoms with van der Waals surface area (Å²) in [5.41, 5.74) is 7.44. The predicted molar refractivity (Wildman–Crippen MR) is 63.0 cm³/mol. The van der Waals surface area contributed by atoms with Crippen LogP contribution >= 0.6 is 11.3 Å². The van der Waals surface area contributed by atoms with Crippen LogP contribution in [-0.4, -0.2) is 9.97 Å². The Hall–Kier alpha value is -1.13. The molecule has 1 atom stereocenters. The third-order valence-corrected chi connectivity index (χ3v) is 3.80. The Morgan fingerprint density at radius 2 is 2.33 bits per heavy atom. The molecule has 2 aromatic heterocycles. The van der Waals surface area contributed by atoms with E-state index in [0.29, 0.717) is 0 Å². The van der Waals surface area contributed by atoms with E-state index in [4.69, 9.17) is 5.73 Å². The number of hydrogen-bond acceptors (Lipinski definition) is 3. The number of hydrogen-bond donors (Lipinski definition) is 2. The number of nitrogens with zero attached hydrogens (tertiary/aromatic N) is 1. The number of aryl methyl sites for hydroxylation is 2. The van der Waals surface area contributed by atoms with Crippen LogP contribution in [0, 0.1) is 13.8 Å². The van der Waals surface area contributed by atoms with Gasteiger partial charge in [0, 0.05) is 34.6 Å². The van der Waals surface area contributed by atoms with Gasteiger partial charge in [-0.05, 0) is 25.5 Å². The zero-order valence-corrected chi connectivity index (χ0v) is 9.77. The first kappa shape index (κ1) is 10.4. The summed E-state index contributed by atoms with van der Waals surface area (Å²) in [7, 11) is 0. The Morgan fingerprint density at radius 1 is 1.53 bits per heavy atom. The van der Waals surface area contributed by atoms with Crippen molar-refractivity contribution in [3.8, 4) is 0 Å². The van der Waals surface area contributed by atoms with Gasteiger partial charge in [-0.2, -0.15) is 0 Å². The van der Waals surface area contributed by atoms with Gasteiger partial charge < -0.3 is 10.7 Å². The maximum Gasteiger partial charge on any atom is 0.107 e. The zero-order chi connectivity index (χ0) is 10.8. The van der Waals surface area contributed by atoms with Gasteiger partial charge in [-0.1, -0.05) is 0 Å².